The molecule has 4 atom stereocenters. The van der Waals surface area contributed by atoms with Crippen LogP contribution in [-0.4, -0.2) is 59.8 Å². The Balaban J connectivity index is 2.00. The molecule has 96 valence electrons. The van der Waals surface area contributed by atoms with Crippen molar-refractivity contribution in [3.8, 4) is 0 Å². The van der Waals surface area contributed by atoms with Crippen LogP contribution in [0.4, 0.5) is 0 Å². The molecule has 0 radical (unpaired) electrons. The lowest BCUT2D eigenvalue weighted by Gasteiger charge is -2.16. The summed E-state index contributed by atoms with van der Waals surface area (Å²) in [5, 5.41) is 28.6. The van der Waals surface area contributed by atoms with E-state index in [1.54, 1.807) is 0 Å². The van der Waals surface area contributed by atoms with Crippen LogP contribution in [0.15, 0.2) is 18.7 Å². The number of nitrogens with zero attached hydrogens (tertiary/aromatic N) is 4. The quantitative estimate of drug-likeness (QED) is 0.592. The van der Waals surface area contributed by atoms with Crippen molar-refractivity contribution in [2.45, 2.75) is 24.5 Å². The molecule has 2 aromatic heterocycles. The van der Waals surface area contributed by atoms with E-state index in [4.69, 9.17) is 9.84 Å². The standard InChI is InChI=1S/C10H12N4O4/c15-3-5-6(16)7(17)10(18-5)14-4-13-8-9(14)12-2-1-11-8/h1-2,4-7,10,15-17H,3H2. The van der Waals surface area contributed by atoms with E-state index in [1.165, 1.54) is 23.3 Å². The summed E-state index contributed by atoms with van der Waals surface area (Å²) in [6.07, 6.45) is 0.498. The van der Waals surface area contributed by atoms with Gasteiger partial charge in [0.05, 0.1) is 6.61 Å². The van der Waals surface area contributed by atoms with Gasteiger partial charge in [-0.2, -0.15) is 0 Å². The third kappa shape index (κ3) is 1.58. The van der Waals surface area contributed by atoms with Crippen molar-refractivity contribution in [3.05, 3.63) is 18.7 Å². The average Bonchev–Trinajstić information content (AvgIpc) is 2.93. The van der Waals surface area contributed by atoms with Gasteiger partial charge in [0, 0.05) is 12.4 Å². The molecule has 0 bridgehead atoms. The molecule has 1 saturated heterocycles. The Hall–Kier alpha value is -1.61. The van der Waals surface area contributed by atoms with Gasteiger partial charge in [0.1, 0.15) is 24.6 Å². The monoisotopic (exact) mass is 252 g/mol. The molecule has 8 heteroatoms. The largest absolute Gasteiger partial charge is 0.394 e. The van der Waals surface area contributed by atoms with E-state index in [0.29, 0.717) is 11.3 Å². The molecule has 1 aliphatic heterocycles. The van der Waals surface area contributed by atoms with Gasteiger partial charge in [-0.1, -0.05) is 0 Å². The summed E-state index contributed by atoms with van der Waals surface area (Å²) >= 11 is 0. The molecule has 8 nitrogen and oxygen atoms in total. The molecule has 3 rings (SSSR count). The Bertz CT molecular complexity index is 560. The molecule has 18 heavy (non-hydrogen) atoms. The van der Waals surface area contributed by atoms with Gasteiger partial charge in [0.15, 0.2) is 17.5 Å². The van der Waals surface area contributed by atoms with Gasteiger partial charge in [0.2, 0.25) is 0 Å². The molecule has 3 N–H and O–H groups in total. The average molecular weight is 252 g/mol. The van der Waals surface area contributed by atoms with E-state index in [-0.39, 0.29) is 6.61 Å². The maximum atomic E-state index is 9.91. The van der Waals surface area contributed by atoms with Crippen molar-refractivity contribution in [2.75, 3.05) is 6.61 Å². The van der Waals surface area contributed by atoms with Crippen LogP contribution in [-0.2, 0) is 4.74 Å². The minimum atomic E-state index is -1.15. The van der Waals surface area contributed by atoms with E-state index in [9.17, 15) is 10.2 Å². The van der Waals surface area contributed by atoms with E-state index in [1.807, 2.05) is 0 Å². The Morgan fingerprint density at radius 3 is 2.67 bits per heavy atom. The lowest BCUT2D eigenvalue weighted by Crippen LogP contribution is -2.33. The highest BCUT2D eigenvalue weighted by Gasteiger charge is 2.43. The second-order valence-electron chi connectivity index (χ2n) is 4.08. The Morgan fingerprint density at radius 1 is 1.17 bits per heavy atom. The van der Waals surface area contributed by atoms with Crippen molar-refractivity contribution < 1.29 is 20.1 Å². The minimum Gasteiger partial charge on any atom is -0.394 e. The Kier molecular flexibility index (Phi) is 2.71. The predicted molar refractivity (Wildman–Crippen MR) is 58.3 cm³/mol. The summed E-state index contributed by atoms with van der Waals surface area (Å²) in [6.45, 7) is -0.368. The second kappa shape index (κ2) is 4.25. The summed E-state index contributed by atoms with van der Waals surface area (Å²) in [6, 6.07) is 0. The fourth-order valence-corrected chi connectivity index (χ4v) is 2.06. The van der Waals surface area contributed by atoms with Gasteiger partial charge in [-0.05, 0) is 0 Å². The Morgan fingerprint density at radius 2 is 1.94 bits per heavy atom. The van der Waals surface area contributed by atoms with Crippen LogP contribution >= 0.6 is 0 Å². The molecule has 1 fully saturated rings. The van der Waals surface area contributed by atoms with Gasteiger partial charge in [-0.25, -0.2) is 15.0 Å². The molecule has 0 aromatic carbocycles. The molecule has 0 saturated carbocycles. The smallest absolute Gasteiger partial charge is 0.197 e. The van der Waals surface area contributed by atoms with Gasteiger partial charge in [0.25, 0.3) is 0 Å². The van der Waals surface area contributed by atoms with Gasteiger partial charge in [-0.3, -0.25) is 4.57 Å². The fourth-order valence-electron chi connectivity index (χ4n) is 2.06. The van der Waals surface area contributed by atoms with Crippen LogP contribution in [0.5, 0.6) is 0 Å². The number of rotatable bonds is 2. The highest BCUT2D eigenvalue weighted by Crippen LogP contribution is 2.30. The highest BCUT2D eigenvalue weighted by molar-refractivity contribution is 5.64. The molecule has 3 heterocycles. The van der Waals surface area contributed by atoms with Crippen molar-refractivity contribution in [3.63, 3.8) is 0 Å². The zero-order valence-corrected chi connectivity index (χ0v) is 9.29. The van der Waals surface area contributed by atoms with Gasteiger partial charge >= 0.3 is 0 Å². The fraction of sp³-hybridized carbons (Fsp3) is 0.500. The number of imidazole rings is 1. The number of fused-ring (bicyclic) bond motifs is 1. The summed E-state index contributed by atoms with van der Waals surface area (Å²) in [5.41, 5.74) is 0.877. The van der Waals surface area contributed by atoms with E-state index >= 15 is 0 Å². The highest BCUT2D eigenvalue weighted by atomic mass is 16.6. The summed E-state index contributed by atoms with van der Waals surface area (Å²) in [5.74, 6) is 0. The maximum Gasteiger partial charge on any atom is 0.197 e. The van der Waals surface area contributed by atoms with Crippen molar-refractivity contribution >= 4 is 11.3 Å². The van der Waals surface area contributed by atoms with Crippen LogP contribution in [0.25, 0.3) is 11.3 Å². The first-order valence-electron chi connectivity index (χ1n) is 5.48. The molecular weight excluding hydrogens is 240 g/mol. The third-order valence-corrected chi connectivity index (χ3v) is 3.00. The molecule has 0 aliphatic carbocycles. The number of aliphatic hydroxyl groups excluding tert-OH is 3. The van der Waals surface area contributed by atoms with E-state index < -0.39 is 24.5 Å². The molecule has 4 unspecified atom stereocenters. The lowest BCUT2D eigenvalue weighted by atomic mass is 10.1. The first-order chi connectivity index (χ1) is 8.72. The molecular formula is C10H12N4O4. The topological polar surface area (TPSA) is 114 Å². The molecule has 2 aromatic rings. The maximum absolute atomic E-state index is 9.91. The number of aromatic nitrogens is 4. The van der Waals surface area contributed by atoms with Crippen molar-refractivity contribution in [1.29, 1.82) is 0 Å². The number of hydrogen-bond acceptors (Lipinski definition) is 7. The summed E-state index contributed by atoms with van der Waals surface area (Å²) in [7, 11) is 0. The van der Waals surface area contributed by atoms with Crippen molar-refractivity contribution in [2.24, 2.45) is 0 Å². The number of ether oxygens (including phenoxy) is 1. The third-order valence-electron chi connectivity index (χ3n) is 3.00. The van der Waals surface area contributed by atoms with E-state index in [2.05, 4.69) is 15.0 Å². The van der Waals surface area contributed by atoms with Crippen LogP contribution in [0.1, 0.15) is 6.23 Å². The Labute approximate surface area is 102 Å². The van der Waals surface area contributed by atoms with Crippen LogP contribution in [0, 0.1) is 0 Å². The van der Waals surface area contributed by atoms with Crippen LogP contribution < -0.4 is 0 Å². The normalized spacial score (nSPS) is 32.2. The molecule has 0 amide bonds. The SMILES string of the molecule is OCC1OC(n2cnc3nccnc32)C(O)C1O. The zero-order valence-electron chi connectivity index (χ0n) is 9.29. The van der Waals surface area contributed by atoms with Crippen LogP contribution in [0.3, 0.4) is 0 Å². The van der Waals surface area contributed by atoms with E-state index in [0.717, 1.165) is 0 Å². The zero-order chi connectivity index (χ0) is 12.7. The summed E-state index contributed by atoms with van der Waals surface area (Å²) < 4.78 is 6.88. The predicted octanol–water partition coefficient (Wildman–Crippen LogP) is -1.56. The summed E-state index contributed by atoms with van der Waals surface area (Å²) in [4.78, 5) is 12.1. The molecule has 0 spiro atoms. The number of hydrogen-bond donors (Lipinski definition) is 3. The first kappa shape index (κ1) is 11.5. The first-order valence-corrected chi connectivity index (χ1v) is 5.48. The van der Waals surface area contributed by atoms with Crippen molar-refractivity contribution in [1.82, 2.24) is 19.5 Å². The lowest BCUT2D eigenvalue weighted by molar-refractivity contribution is -0.0511. The number of aliphatic hydroxyl groups is 3. The second-order valence-corrected chi connectivity index (χ2v) is 4.08. The van der Waals surface area contributed by atoms with Gasteiger partial charge in [-0.15, -0.1) is 0 Å². The van der Waals surface area contributed by atoms with Gasteiger partial charge < -0.3 is 20.1 Å². The molecule has 1 aliphatic rings. The minimum absolute atomic E-state index is 0.368. The van der Waals surface area contributed by atoms with Crippen LogP contribution in [0.2, 0.25) is 0 Å².